The zero-order valence-electron chi connectivity index (χ0n) is 11.4. The Labute approximate surface area is 118 Å². The number of carbonyl (C=O) groups excluding carboxylic acids is 1. The number of hydrogen-bond donors (Lipinski definition) is 0. The summed E-state index contributed by atoms with van der Waals surface area (Å²) in [5.41, 5.74) is 0.999. The number of piperazine rings is 1. The summed E-state index contributed by atoms with van der Waals surface area (Å²) >= 11 is 6.05. The Hall–Kier alpha value is -1.42. The lowest BCUT2D eigenvalue weighted by Crippen LogP contribution is -2.48. The Morgan fingerprint density at radius 1 is 1.32 bits per heavy atom. The molecule has 1 fully saturated rings. The van der Waals surface area contributed by atoms with Crippen LogP contribution in [0.3, 0.4) is 0 Å². The summed E-state index contributed by atoms with van der Waals surface area (Å²) in [6.45, 7) is 5.02. The van der Waals surface area contributed by atoms with Crippen molar-refractivity contribution in [3.05, 3.63) is 23.2 Å². The molecule has 0 N–H and O–H groups in total. The van der Waals surface area contributed by atoms with E-state index in [-0.39, 0.29) is 5.91 Å². The van der Waals surface area contributed by atoms with Crippen LogP contribution in [0.15, 0.2) is 18.2 Å². The van der Waals surface area contributed by atoms with Crippen LogP contribution in [0.1, 0.15) is 13.3 Å². The van der Waals surface area contributed by atoms with E-state index in [1.807, 2.05) is 30.0 Å². The summed E-state index contributed by atoms with van der Waals surface area (Å²) in [7, 11) is 1.66. The molecule has 1 aliphatic heterocycles. The van der Waals surface area contributed by atoms with Crippen molar-refractivity contribution >= 4 is 23.2 Å². The van der Waals surface area contributed by atoms with Crippen LogP contribution < -0.4 is 9.64 Å². The lowest BCUT2D eigenvalue weighted by molar-refractivity contribution is -0.131. The minimum Gasteiger partial charge on any atom is -0.495 e. The molecule has 5 heteroatoms. The molecule has 0 spiro atoms. The summed E-state index contributed by atoms with van der Waals surface area (Å²) in [6, 6.07) is 5.61. The molecule has 1 amide bonds. The number of nitrogens with zero attached hydrogens (tertiary/aromatic N) is 2. The Morgan fingerprint density at radius 3 is 2.58 bits per heavy atom. The number of carbonyl (C=O) groups is 1. The van der Waals surface area contributed by atoms with Crippen LogP contribution in [-0.4, -0.2) is 44.1 Å². The van der Waals surface area contributed by atoms with Crippen LogP contribution >= 0.6 is 11.6 Å². The van der Waals surface area contributed by atoms with E-state index in [1.165, 1.54) is 0 Å². The van der Waals surface area contributed by atoms with Crippen molar-refractivity contribution in [1.29, 1.82) is 0 Å². The van der Waals surface area contributed by atoms with Crippen molar-refractivity contribution in [2.45, 2.75) is 13.3 Å². The highest BCUT2D eigenvalue weighted by molar-refractivity contribution is 6.30. The van der Waals surface area contributed by atoms with Crippen LogP contribution in [0.25, 0.3) is 0 Å². The molecule has 0 radical (unpaired) electrons. The summed E-state index contributed by atoms with van der Waals surface area (Å²) < 4.78 is 5.37. The van der Waals surface area contributed by atoms with E-state index in [0.29, 0.717) is 11.4 Å². The number of anilines is 1. The number of halogens is 1. The largest absolute Gasteiger partial charge is 0.495 e. The van der Waals surface area contributed by atoms with Gasteiger partial charge < -0.3 is 14.5 Å². The Balaban J connectivity index is 2.09. The fourth-order valence-corrected chi connectivity index (χ4v) is 2.50. The molecule has 0 saturated carbocycles. The predicted molar refractivity (Wildman–Crippen MR) is 77.1 cm³/mol. The van der Waals surface area contributed by atoms with E-state index >= 15 is 0 Å². The normalized spacial score (nSPS) is 15.5. The van der Waals surface area contributed by atoms with Crippen molar-refractivity contribution in [3.8, 4) is 5.75 Å². The summed E-state index contributed by atoms with van der Waals surface area (Å²) in [4.78, 5) is 15.8. The highest BCUT2D eigenvalue weighted by Gasteiger charge is 2.22. The molecule has 19 heavy (non-hydrogen) atoms. The van der Waals surface area contributed by atoms with Gasteiger partial charge in [0.2, 0.25) is 5.91 Å². The van der Waals surface area contributed by atoms with Crippen molar-refractivity contribution in [3.63, 3.8) is 0 Å². The lowest BCUT2D eigenvalue weighted by atomic mass is 10.2. The van der Waals surface area contributed by atoms with Crippen molar-refractivity contribution in [1.82, 2.24) is 4.90 Å². The highest BCUT2D eigenvalue weighted by Crippen LogP contribution is 2.31. The molecule has 104 valence electrons. The highest BCUT2D eigenvalue weighted by atomic mass is 35.5. The van der Waals surface area contributed by atoms with Gasteiger partial charge in [-0.2, -0.15) is 0 Å². The van der Waals surface area contributed by atoms with Crippen LogP contribution in [0.5, 0.6) is 5.75 Å². The molecule has 1 heterocycles. The van der Waals surface area contributed by atoms with E-state index in [2.05, 4.69) is 4.90 Å². The van der Waals surface area contributed by atoms with Gasteiger partial charge in [-0.25, -0.2) is 0 Å². The lowest BCUT2D eigenvalue weighted by Gasteiger charge is -2.36. The third-order valence-corrected chi connectivity index (χ3v) is 3.65. The number of rotatable bonds is 3. The van der Waals surface area contributed by atoms with Crippen LogP contribution in [0.4, 0.5) is 5.69 Å². The molecule has 4 nitrogen and oxygen atoms in total. The van der Waals surface area contributed by atoms with Crippen molar-refractivity contribution in [2.75, 3.05) is 38.2 Å². The topological polar surface area (TPSA) is 32.8 Å². The maximum atomic E-state index is 11.6. The van der Waals surface area contributed by atoms with Crippen LogP contribution in [0.2, 0.25) is 5.02 Å². The molecule has 0 atom stereocenters. The van der Waals surface area contributed by atoms with Gasteiger partial charge in [0.15, 0.2) is 0 Å². The molecule has 1 aliphatic rings. The molecule has 2 rings (SSSR count). The van der Waals surface area contributed by atoms with Crippen LogP contribution in [0, 0.1) is 0 Å². The zero-order valence-corrected chi connectivity index (χ0v) is 12.1. The number of hydrogen-bond acceptors (Lipinski definition) is 3. The first kappa shape index (κ1) is 14.0. The molecule has 0 aromatic heterocycles. The molecule has 1 aromatic rings. The molecule has 0 unspecified atom stereocenters. The molecule has 1 aromatic carbocycles. The summed E-state index contributed by atoms with van der Waals surface area (Å²) in [5, 5.41) is 0.697. The number of ether oxygens (including phenoxy) is 1. The second kappa shape index (κ2) is 6.15. The fraction of sp³-hybridized carbons (Fsp3) is 0.500. The monoisotopic (exact) mass is 282 g/mol. The SMILES string of the molecule is CCC(=O)N1CCN(c2cc(Cl)ccc2OC)CC1. The van der Waals surface area contributed by atoms with Crippen molar-refractivity contribution in [2.24, 2.45) is 0 Å². The molecule has 0 aliphatic carbocycles. The van der Waals surface area contributed by atoms with E-state index in [0.717, 1.165) is 37.6 Å². The smallest absolute Gasteiger partial charge is 0.222 e. The van der Waals surface area contributed by atoms with Gasteiger partial charge in [-0.05, 0) is 18.2 Å². The molecule has 0 bridgehead atoms. The van der Waals surface area contributed by atoms with E-state index in [1.54, 1.807) is 7.11 Å². The fourth-order valence-electron chi connectivity index (χ4n) is 2.33. The number of methoxy groups -OCH3 is 1. The Morgan fingerprint density at radius 2 is 2.00 bits per heavy atom. The second-order valence-electron chi connectivity index (χ2n) is 4.54. The second-order valence-corrected chi connectivity index (χ2v) is 4.97. The summed E-state index contributed by atoms with van der Waals surface area (Å²) in [6.07, 6.45) is 0.570. The van der Waals surface area contributed by atoms with Crippen LogP contribution in [-0.2, 0) is 4.79 Å². The number of amides is 1. The van der Waals surface area contributed by atoms with Gasteiger partial charge in [0.25, 0.3) is 0 Å². The first-order valence-electron chi connectivity index (χ1n) is 6.52. The van der Waals surface area contributed by atoms with E-state index in [9.17, 15) is 4.79 Å². The van der Waals surface area contributed by atoms with Gasteiger partial charge in [0.1, 0.15) is 5.75 Å². The number of benzene rings is 1. The molecular formula is C14H19ClN2O2. The Bertz CT molecular complexity index is 457. The van der Waals surface area contributed by atoms with Crippen molar-refractivity contribution < 1.29 is 9.53 Å². The first-order valence-corrected chi connectivity index (χ1v) is 6.89. The van der Waals surface area contributed by atoms with Gasteiger partial charge in [-0.1, -0.05) is 18.5 Å². The Kier molecular flexibility index (Phi) is 4.53. The average molecular weight is 283 g/mol. The zero-order chi connectivity index (χ0) is 13.8. The third-order valence-electron chi connectivity index (χ3n) is 3.42. The molecule has 1 saturated heterocycles. The maximum absolute atomic E-state index is 11.6. The van der Waals surface area contributed by atoms with Gasteiger partial charge in [0.05, 0.1) is 12.8 Å². The average Bonchev–Trinajstić information content (AvgIpc) is 2.46. The van der Waals surface area contributed by atoms with Gasteiger partial charge >= 0.3 is 0 Å². The van der Waals surface area contributed by atoms with Gasteiger partial charge in [-0.15, -0.1) is 0 Å². The molecular weight excluding hydrogens is 264 g/mol. The summed E-state index contributed by atoms with van der Waals surface area (Å²) in [5.74, 6) is 1.04. The van der Waals surface area contributed by atoms with E-state index in [4.69, 9.17) is 16.3 Å². The maximum Gasteiger partial charge on any atom is 0.222 e. The van der Waals surface area contributed by atoms with Gasteiger partial charge in [0, 0.05) is 37.6 Å². The minimum absolute atomic E-state index is 0.220. The van der Waals surface area contributed by atoms with Gasteiger partial charge in [-0.3, -0.25) is 4.79 Å². The van der Waals surface area contributed by atoms with E-state index < -0.39 is 0 Å². The third kappa shape index (κ3) is 3.13. The predicted octanol–water partition coefficient (Wildman–Crippen LogP) is 2.41. The first-order chi connectivity index (χ1) is 9.15. The standard InChI is InChI=1S/C14H19ClN2O2/c1-3-14(18)17-8-6-16(7-9-17)12-10-11(15)4-5-13(12)19-2/h4-5,10H,3,6-9H2,1-2H3. The quantitative estimate of drug-likeness (QED) is 0.853. The minimum atomic E-state index is 0.220.